The highest BCUT2D eigenvalue weighted by Gasteiger charge is 2.63. The molecule has 1 heterocycles. The number of nitrogens with two attached hydrogens (primary N) is 1. The first-order valence-corrected chi connectivity index (χ1v) is 7.83. The van der Waals surface area contributed by atoms with Crippen molar-refractivity contribution in [1.82, 2.24) is 5.32 Å². The van der Waals surface area contributed by atoms with Crippen molar-refractivity contribution in [3.63, 3.8) is 0 Å². The van der Waals surface area contributed by atoms with E-state index in [0.717, 1.165) is 11.3 Å². The van der Waals surface area contributed by atoms with Gasteiger partial charge in [-0.25, -0.2) is 0 Å². The molecule has 3 N–H and O–H groups in total. The van der Waals surface area contributed by atoms with Crippen molar-refractivity contribution >= 4 is 5.91 Å². The first kappa shape index (κ1) is 15.3. The van der Waals surface area contributed by atoms with Crippen LogP contribution in [-0.4, -0.2) is 30.8 Å². The van der Waals surface area contributed by atoms with E-state index in [1.54, 1.807) is 0 Å². The van der Waals surface area contributed by atoms with E-state index in [9.17, 15) is 4.79 Å². The molecule has 3 rings (SSSR count). The number of carbonyl (C=O) groups excluding carboxylic acids is 1. The van der Waals surface area contributed by atoms with Gasteiger partial charge in [-0.05, 0) is 13.0 Å². The van der Waals surface area contributed by atoms with Crippen molar-refractivity contribution < 1.29 is 14.3 Å². The average Bonchev–Trinajstić information content (AvgIpc) is 2.90. The fourth-order valence-corrected chi connectivity index (χ4v) is 3.39. The monoisotopic (exact) mass is 304 g/mol. The minimum atomic E-state index is -0.898. The van der Waals surface area contributed by atoms with Gasteiger partial charge in [0.15, 0.2) is 0 Å². The molecule has 1 aliphatic carbocycles. The molecular weight excluding hydrogens is 280 g/mol. The molecule has 1 saturated carbocycles. The van der Waals surface area contributed by atoms with E-state index in [1.807, 2.05) is 45.0 Å². The van der Waals surface area contributed by atoms with E-state index in [4.69, 9.17) is 15.2 Å². The van der Waals surface area contributed by atoms with Crippen molar-refractivity contribution in [2.45, 2.75) is 44.9 Å². The van der Waals surface area contributed by atoms with E-state index in [0.29, 0.717) is 19.6 Å². The number of rotatable bonds is 4. The van der Waals surface area contributed by atoms with Crippen LogP contribution in [0.3, 0.4) is 0 Å². The normalized spacial score (nSPS) is 31.8. The number of amides is 1. The third-order valence-corrected chi connectivity index (χ3v) is 5.24. The maximum atomic E-state index is 12.7. The second-order valence-electron chi connectivity index (χ2n) is 6.72. The minimum absolute atomic E-state index is 0.0281. The molecule has 0 bridgehead atoms. The van der Waals surface area contributed by atoms with E-state index in [2.05, 4.69) is 5.32 Å². The Hall–Kier alpha value is -1.59. The summed E-state index contributed by atoms with van der Waals surface area (Å²) >= 11 is 0. The SMILES string of the molecule is CCOC1CC(N)(C(=O)NC2COc3ccccc32)C1(C)C. The average molecular weight is 304 g/mol. The van der Waals surface area contributed by atoms with Crippen LogP contribution in [0.5, 0.6) is 5.75 Å². The van der Waals surface area contributed by atoms with Crippen LogP contribution in [0, 0.1) is 5.41 Å². The Kier molecular flexibility index (Phi) is 3.65. The number of hydrogen-bond donors (Lipinski definition) is 2. The van der Waals surface area contributed by atoms with Crippen LogP contribution in [0.25, 0.3) is 0 Å². The number of fused-ring (bicyclic) bond motifs is 1. The van der Waals surface area contributed by atoms with Crippen molar-refractivity contribution in [3.8, 4) is 5.75 Å². The highest BCUT2D eigenvalue weighted by atomic mass is 16.5. The van der Waals surface area contributed by atoms with Gasteiger partial charge in [-0.2, -0.15) is 0 Å². The van der Waals surface area contributed by atoms with E-state index < -0.39 is 5.54 Å². The van der Waals surface area contributed by atoms with Crippen LogP contribution < -0.4 is 15.8 Å². The lowest BCUT2D eigenvalue weighted by Crippen LogP contribution is -2.75. The summed E-state index contributed by atoms with van der Waals surface area (Å²) in [6.07, 6.45) is 0.579. The van der Waals surface area contributed by atoms with E-state index >= 15 is 0 Å². The summed E-state index contributed by atoms with van der Waals surface area (Å²) in [4.78, 5) is 12.7. The number of nitrogens with one attached hydrogen (secondary N) is 1. The Morgan fingerprint density at radius 1 is 1.45 bits per heavy atom. The minimum Gasteiger partial charge on any atom is -0.491 e. The Bertz CT molecular complexity index is 587. The van der Waals surface area contributed by atoms with Gasteiger partial charge in [-0.1, -0.05) is 32.0 Å². The quantitative estimate of drug-likeness (QED) is 0.889. The fourth-order valence-electron chi connectivity index (χ4n) is 3.39. The molecule has 2 aliphatic rings. The predicted molar refractivity (Wildman–Crippen MR) is 83.6 cm³/mol. The molecular formula is C17H24N2O3. The molecule has 1 aromatic rings. The number of para-hydroxylation sites is 1. The Morgan fingerprint density at radius 2 is 2.18 bits per heavy atom. The maximum Gasteiger partial charge on any atom is 0.241 e. The largest absolute Gasteiger partial charge is 0.491 e. The van der Waals surface area contributed by atoms with Gasteiger partial charge in [-0.3, -0.25) is 4.79 Å². The third-order valence-electron chi connectivity index (χ3n) is 5.24. The van der Waals surface area contributed by atoms with E-state index in [-0.39, 0.29) is 23.5 Å². The highest BCUT2D eigenvalue weighted by Crippen LogP contribution is 2.50. The van der Waals surface area contributed by atoms with Gasteiger partial charge in [0.05, 0.1) is 12.1 Å². The molecule has 120 valence electrons. The molecule has 3 atom stereocenters. The summed E-state index contributed by atoms with van der Waals surface area (Å²) in [5, 5.41) is 3.05. The summed E-state index contributed by atoms with van der Waals surface area (Å²) in [5.74, 6) is 0.706. The van der Waals surface area contributed by atoms with Crippen LogP contribution in [-0.2, 0) is 9.53 Å². The number of carbonyl (C=O) groups is 1. The van der Waals surface area contributed by atoms with Crippen molar-refractivity contribution in [2.75, 3.05) is 13.2 Å². The molecule has 3 unspecified atom stereocenters. The molecule has 0 saturated heterocycles. The zero-order valence-corrected chi connectivity index (χ0v) is 13.4. The van der Waals surface area contributed by atoms with Gasteiger partial charge in [0.25, 0.3) is 0 Å². The van der Waals surface area contributed by atoms with Gasteiger partial charge in [0, 0.05) is 24.0 Å². The smallest absolute Gasteiger partial charge is 0.241 e. The van der Waals surface area contributed by atoms with Crippen molar-refractivity contribution in [3.05, 3.63) is 29.8 Å². The first-order chi connectivity index (χ1) is 10.4. The second kappa shape index (κ2) is 5.25. The molecule has 1 fully saturated rings. The third kappa shape index (κ3) is 2.11. The molecule has 0 radical (unpaired) electrons. The van der Waals surface area contributed by atoms with Gasteiger partial charge >= 0.3 is 0 Å². The maximum absolute atomic E-state index is 12.7. The Morgan fingerprint density at radius 3 is 2.86 bits per heavy atom. The molecule has 1 aromatic carbocycles. The highest BCUT2D eigenvalue weighted by molar-refractivity contribution is 5.89. The predicted octanol–water partition coefficient (Wildman–Crippen LogP) is 1.77. The number of benzene rings is 1. The van der Waals surface area contributed by atoms with Crippen LogP contribution >= 0.6 is 0 Å². The zero-order chi connectivity index (χ0) is 16.0. The first-order valence-electron chi connectivity index (χ1n) is 7.83. The molecule has 22 heavy (non-hydrogen) atoms. The number of hydrogen-bond acceptors (Lipinski definition) is 4. The van der Waals surface area contributed by atoms with Crippen LogP contribution in [0.4, 0.5) is 0 Å². The molecule has 0 spiro atoms. The summed E-state index contributed by atoms with van der Waals surface area (Å²) in [5.41, 5.74) is 6.14. The van der Waals surface area contributed by atoms with E-state index in [1.165, 1.54) is 0 Å². The topological polar surface area (TPSA) is 73.6 Å². The lowest BCUT2D eigenvalue weighted by molar-refractivity contribution is -0.171. The second-order valence-corrected chi connectivity index (χ2v) is 6.72. The lowest BCUT2D eigenvalue weighted by Gasteiger charge is -2.57. The standard InChI is InChI=1S/C17H24N2O3/c1-4-21-14-9-17(18,16(14,2)3)15(20)19-12-10-22-13-8-6-5-7-11(12)13/h5-8,12,14H,4,9-10,18H2,1-3H3,(H,19,20). The molecule has 1 amide bonds. The van der Waals surface area contributed by atoms with Crippen LogP contribution in [0.15, 0.2) is 24.3 Å². The van der Waals surface area contributed by atoms with Gasteiger partial charge < -0.3 is 20.5 Å². The van der Waals surface area contributed by atoms with Gasteiger partial charge in [0.2, 0.25) is 5.91 Å². The summed E-state index contributed by atoms with van der Waals surface area (Å²) < 4.78 is 11.3. The summed E-state index contributed by atoms with van der Waals surface area (Å²) in [6.45, 7) is 7.04. The van der Waals surface area contributed by atoms with Crippen LogP contribution in [0.1, 0.15) is 38.8 Å². The number of ether oxygens (including phenoxy) is 2. The van der Waals surface area contributed by atoms with Crippen molar-refractivity contribution in [2.24, 2.45) is 11.1 Å². The molecule has 5 nitrogen and oxygen atoms in total. The van der Waals surface area contributed by atoms with Gasteiger partial charge in [-0.15, -0.1) is 0 Å². The Balaban J connectivity index is 1.71. The summed E-state index contributed by atoms with van der Waals surface area (Å²) in [7, 11) is 0. The van der Waals surface area contributed by atoms with Crippen molar-refractivity contribution in [1.29, 1.82) is 0 Å². The fraction of sp³-hybridized carbons (Fsp3) is 0.588. The molecule has 1 aliphatic heterocycles. The van der Waals surface area contributed by atoms with Gasteiger partial charge in [0.1, 0.15) is 17.9 Å². The summed E-state index contributed by atoms with van der Waals surface area (Å²) in [6, 6.07) is 7.63. The van der Waals surface area contributed by atoms with Crippen LogP contribution in [0.2, 0.25) is 0 Å². The zero-order valence-electron chi connectivity index (χ0n) is 13.4. The molecule has 5 heteroatoms. The Labute approximate surface area is 131 Å². The molecule has 0 aromatic heterocycles. The lowest BCUT2D eigenvalue weighted by atomic mass is 9.54.